The Morgan fingerprint density at radius 2 is 1.63 bits per heavy atom. The van der Waals surface area contributed by atoms with Crippen LogP contribution in [-0.4, -0.2) is 48.2 Å². The third-order valence-electron chi connectivity index (χ3n) is 5.18. The fourth-order valence-electron chi connectivity index (χ4n) is 3.70. The Balaban J connectivity index is 1.63. The van der Waals surface area contributed by atoms with Crippen LogP contribution < -0.4 is 9.80 Å². The highest BCUT2D eigenvalue weighted by Crippen LogP contribution is 2.28. The van der Waals surface area contributed by atoms with Gasteiger partial charge in [0.05, 0.1) is 17.1 Å². The molecule has 0 bridgehead atoms. The number of ether oxygens (including phenoxy) is 1. The Bertz CT molecular complexity index is 1080. The standard InChI is InChI=1S/C23H25ClN4O2/c1-15(2)30-23(29)21-22(26-19-7-5-4-6-18(19)25-21)28-12-10-27(11-13-28)20-14-17(24)9-8-16(20)3/h4-9,14-15H,10-13H2,1-3H3. The molecule has 156 valence electrons. The second kappa shape index (κ2) is 8.48. The van der Waals surface area contributed by atoms with E-state index in [1.54, 1.807) is 0 Å². The van der Waals surface area contributed by atoms with Gasteiger partial charge in [-0.05, 0) is 50.6 Å². The van der Waals surface area contributed by atoms with Gasteiger partial charge in [-0.3, -0.25) is 0 Å². The van der Waals surface area contributed by atoms with Crippen molar-refractivity contribution >= 4 is 40.1 Å². The third-order valence-corrected chi connectivity index (χ3v) is 5.41. The van der Waals surface area contributed by atoms with Crippen LogP contribution in [0, 0.1) is 6.92 Å². The third kappa shape index (κ3) is 4.19. The summed E-state index contributed by atoms with van der Waals surface area (Å²) in [6.07, 6.45) is -0.221. The maximum Gasteiger partial charge on any atom is 0.361 e. The molecule has 3 aromatic rings. The Labute approximate surface area is 181 Å². The van der Waals surface area contributed by atoms with Crippen LogP contribution >= 0.6 is 11.6 Å². The Kier molecular flexibility index (Phi) is 5.77. The van der Waals surface area contributed by atoms with Crippen LogP contribution in [0.5, 0.6) is 0 Å². The van der Waals surface area contributed by atoms with Crippen molar-refractivity contribution < 1.29 is 9.53 Å². The zero-order valence-electron chi connectivity index (χ0n) is 17.4. The van der Waals surface area contributed by atoms with E-state index in [0.717, 1.165) is 42.4 Å². The van der Waals surface area contributed by atoms with Crippen LogP contribution in [0.2, 0.25) is 5.02 Å². The van der Waals surface area contributed by atoms with Crippen LogP contribution in [0.1, 0.15) is 29.9 Å². The highest BCUT2D eigenvalue weighted by molar-refractivity contribution is 6.30. The molecule has 6 nitrogen and oxygen atoms in total. The molecule has 0 radical (unpaired) electrons. The van der Waals surface area contributed by atoms with Gasteiger partial charge in [0.2, 0.25) is 0 Å². The highest BCUT2D eigenvalue weighted by Gasteiger charge is 2.26. The molecule has 0 N–H and O–H groups in total. The van der Waals surface area contributed by atoms with Gasteiger partial charge in [-0.25, -0.2) is 14.8 Å². The molecular formula is C23H25ClN4O2. The van der Waals surface area contributed by atoms with E-state index in [-0.39, 0.29) is 11.8 Å². The molecule has 2 heterocycles. The van der Waals surface area contributed by atoms with Crippen molar-refractivity contribution in [1.29, 1.82) is 0 Å². The fraction of sp³-hybridized carbons (Fsp3) is 0.348. The summed E-state index contributed by atoms with van der Waals surface area (Å²) in [5, 5.41) is 0.733. The highest BCUT2D eigenvalue weighted by atomic mass is 35.5. The maximum absolute atomic E-state index is 12.8. The SMILES string of the molecule is Cc1ccc(Cl)cc1N1CCN(c2nc3ccccc3nc2C(=O)OC(C)C)CC1. The second-order valence-electron chi connectivity index (χ2n) is 7.74. The molecule has 1 aromatic heterocycles. The van der Waals surface area contributed by atoms with E-state index in [9.17, 15) is 4.79 Å². The van der Waals surface area contributed by atoms with Crippen molar-refractivity contribution in [3.8, 4) is 0 Å². The van der Waals surface area contributed by atoms with Gasteiger partial charge >= 0.3 is 5.97 Å². The number of halogens is 1. The molecule has 0 spiro atoms. The number of carbonyl (C=O) groups is 1. The average molecular weight is 425 g/mol. The molecular weight excluding hydrogens is 400 g/mol. The number of nitrogens with zero attached hydrogens (tertiary/aromatic N) is 4. The number of hydrogen-bond acceptors (Lipinski definition) is 6. The lowest BCUT2D eigenvalue weighted by Gasteiger charge is -2.37. The molecule has 0 unspecified atom stereocenters. The lowest BCUT2D eigenvalue weighted by molar-refractivity contribution is 0.0371. The summed E-state index contributed by atoms with van der Waals surface area (Å²) in [6, 6.07) is 13.5. The molecule has 30 heavy (non-hydrogen) atoms. The lowest BCUT2D eigenvalue weighted by Crippen LogP contribution is -2.47. The number of fused-ring (bicyclic) bond motifs is 1. The van der Waals surface area contributed by atoms with Gasteiger partial charge in [0, 0.05) is 36.9 Å². The van der Waals surface area contributed by atoms with E-state index in [4.69, 9.17) is 21.3 Å². The van der Waals surface area contributed by atoms with E-state index < -0.39 is 5.97 Å². The van der Waals surface area contributed by atoms with E-state index in [1.807, 2.05) is 56.3 Å². The van der Waals surface area contributed by atoms with E-state index in [2.05, 4.69) is 21.7 Å². The van der Waals surface area contributed by atoms with Crippen molar-refractivity contribution in [3.63, 3.8) is 0 Å². The van der Waals surface area contributed by atoms with Gasteiger partial charge in [0.1, 0.15) is 0 Å². The first kappa shape index (κ1) is 20.4. The minimum Gasteiger partial charge on any atom is -0.458 e. The van der Waals surface area contributed by atoms with Gasteiger partial charge in [0.15, 0.2) is 11.5 Å². The number of esters is 1. The summed E-state index contributed by atoms with van der Waals surface area (Å²) < 4.78 is 5.44. The minimum absolute atomic E-state index is 0.221. The van der Waals surface area contributed by atoms with Gasteiger partial charge in [-0.2, -0.15) is 0 Å². The molecule has 0 atom stereocenters. The number of anilines is 2. The number of para-hydroxylation sites is 2. The summed E-state index contributed by atoms with van der Waals surface area (Å²) in [5.41, 5.74) is 4.06. The molecule has 4 rings (SSSR count). The quantitative estimate of drug-likeness (QED) is 0.575. The summed E-state index contributed by atoms with van der Waals surface area (Å²) in [7, 11) is 0. The summed E-state index contributed by atoms with van der Waals surface area (Å²) >= 11 is 6.21. The van der Waals surface area contributed by atoms with E-state index in [1.165, 1.54) is 5.56 Å². The first-order valence-electron chi connectivity index (χ1n) is 10.2. The number of hydrogen-bond donors (Lipinski definition) is 0. The number of aryl methyl sites for hydroxylation is 1. The molecule has 1 saturated heterocycles. The molecule has 1 aliphatic rings. The molecule has 7 heteroatoms. The van der Waals surface area contributed by atoms with Crippen LogP contribution in [0.4, 0.5) is 11.5 Å². The Morgan fingerprint density at radius 1 is 1.00 bits per heavy atom. The first-order valence-corrected chi connectivity index (χ1v) is 10.5. The largest absolute Gasteiger partial charge is 0.458 e. The Morgan fingerprint density at radius 3 is 2.30 bits per heavy atom. The van der Waals surface area contributed by atoms with Crippen LogP contribution in [0.3, 0.4) is 0 Å². The van der Waals surface area contributed by atoms with Gasteiger partial charge < -0.3 is 14.5 Å². The fourth-order valence-corrected chi connectivity index (χ4v) is 3.87. The first-order chi connectivity index (χ1) is 14.4. The van der Waals surface area contributed by atoms with Crippen molar-refractivity contribution in [2.45, 2.75) is 26.9 Å². The normalized spacial score (nSPS) is 14.4. The van der Waals surface area contributed by atoms with Gasteiger partial charge in [0.25, 0.3) is 0 Å². The Hall–Kier alpha value is -2.86. The average Bonchev–Trinajstić information content (AvgIpc) is 2.74. The minimum atomic E-state index is -0.439. The van der Waals surface area contributed by atoms with Crippen molar-refractivity contribution in [3.05, 3.63) is 58.7 Å². The number of piperazine rings is 1. The van der Waals surface area contributed by atoms with Gasteiger partial charge in [-0.15, -0.1) is 0 Å². The zero-order chi connectivity index (χ0) is 21.3. The smallest absolute Gasteiger partial charge is 0.361 e. The molecule has 2 aromatic carbocycles. The summed E-state index contributed by atoms with van der Waals surface area (Å²) in [6.45, 7) is 8.80. The zero-order valence-corrected chi connectivity index (χ0v) is 18.2. The predicted molar refractivity (Wildman–Crippen MR) is 121 cm³/mol. The van der Waals surface area contributed by atoms with Gasteiger partial charge in [-0.1, -0.05) is 29.8 Å². The van der Waals surface area contributed by atoms with Crippen molar-refractivity contribution in [2.75, 3.05) is 36.0 Å². The predicted octanol–water partition coefficient (Wildman–Crippen LogP) is 4.48. The number of benzene rings is 2. The molecule has 1 aliphatic heterocycles. The molecule has 0 amide bonds. The topological polar surface area (TPSA) is 58.6 Å². The summed E-state index contributed by atoms with van der Waals surface area (Å²) in [5.74, 6) is 0.146. The molecule has 1 fully saturated rings. The number of aromatic nitrogens is 2. The molecule has 0 saturated carbocycles. The van der Waals surface area contributed by atoms with Crippen LogP contribution in [0.25, 0.3) is 11.0 Å². The van der Waals surface area contributed by atoms with E-state index in [0.29, 0.717) is 11.3 Å². The van der Waals surface area contributed by atoms with Crippen LogP contribution in [0.15, 0.2) is 42.5 Å². The van der Waals surface area contributed by atoms with E-state index >= 15 is 0 Å². The number of carbonyl (C=O) groups excluding carboxylic acids is 1. The van der Waals surface area contributed by atoms with Crippen molar-refractivity contribution in [1.82, 2.24) is 9.97 Å². The van der Waals surface area contributed by atoms with Crippen molar-refractivity contribution in [2.24, 2.45) is 0 Å². The molecule has 0 aliphatic carbocycles. The summed E-state index contributed by atoms with van der Waals surface area (Å²) in [4.78, 5) is 26.6. The maximum atomic E-state index is 12.8. The monoisotopic (exact) mass is 424 g/mol. The van der Waals surface area contributed by atoms with Crippen LogP contribution in [-0.2, 0) is 4.74 Å². The second-order valence-corrected chi connectivity index (χ2v) is 8.18. The number of rotatable bonds is 4. The lowest BCUT2D eigenvalue weighted by atomic mass is 10.1.